The van der Waals surface area contributed by atoms with Crippen LogP contribution in [0.1, 0.15) is 112 Å². The third-order valence-electron chi connectivity index (χ3n) is 12.9. The van der Waals surface area contributed by atoms with Gasteiger partial charge in [0.2, 0.25) is 5.79 Å². The summed E-state index contributed by atoms with van der Waals surface area (Å²) >= 11 is 0. The van der Waals surface area contributed by atoms with Gasteiger partial charge < -0.3 is 33.7 Å². The number of ketones is 2. The fourth-order valence-corrected chi connectivity index (χ4v) is 9.34. The van der Waals surface area contributed by atoms with Gasteiger partial charge in [-0.1, -0.05) is 39.8 Å². The molecule has 1 saturated carbocycles. The zero-order valence-electron chi connectivity index (χ0n) is 33.6. The van der Waals surface area contributed by atoms with Crippen molar-refractivity contribution in [1.82, 2.24) is 4.90 Å². The predicted octanol–water partition coefficient (Wildman–Crippen LogP) is 5.84. The van der Waals surface area contributed by atoms with Crippen molar-refractivity contribution in [3.63, 3.8) is 0 Å². The Morgan fingerprint density at radius 2 is 1.69 bits per heavy atom. The highest BCUT2D eigenvalue weighted by molar-refractivity contribution is 6.39. The van der Waals surface area contributed by atoms with Crippen molar-refractivity contribution in [2.75, 3.05) is 20.8 Å². The van der Waals surface area contributed by atoms with Crippen molar-refractivity contribution in [3.05, 3.63) is 23.3 Å². The lowest BCUT2D eigenvalue weighted by molar-refractivity contribution is -0.302. The molecule has 0 aromatic heterocycles. The molecule has 5 aliphatic rings. The lowest BCUT2D eigenvalue weighted by Crippen LogP contribution is -2.64. The van der Waals surface area contributed by atoms with Crippen LogP contribution in [0.2, 0.25) is 0 Å². The number of alkyl halides is 1. The van der Waals surface area contributed by atoms with E-state index in [4.69, 9.17) is 23.7 Å². The first-order valence-electron chi connectivity index (χ1n) is 20.3. The number of cyclic esters (lactones) is 1. The molecule has 0 radical (unpaired) electrons. The van der Waals surface area contributed by atoms with Crippen LogP contribution in [0, 0.1) is 29.6 Å². The topological polar surface area (TPSA) is 141 Å². The maximum absolute atomic E-state index is 16.1. The van der Waals surface area contributed by atoms with Crippen molar-refractivity contribution in [3.8, 4) is 0 Å². The molecule has 4 fully saturated rings. The summed E-state index contributed by atoms with van der Waals surface area (Å²) in [7, 11) is 2.93. The molecule has 5 rings (SSSR count). The number of carbonyl (C=O) groups excluding carboxylic acids is 4. The van der Waals surface area contributed by atoms with E-state index in [1.54, 1.807) is 26.8 Å². The number of fused-ring (bicyclic) bond motifs is 4. The van der Waals surface area contributed by atoms with Gasteiger partial charge in [-0.05, 0) is 107 Å². The Bertz CT molecular complexity index is 1430. The number of amides is 1. The number of carbonyl (C=O) groups is 4. The minimum absolute atomic E-state index is 0.00496. The van der Waals surface area contributed by atoms with Crippen LogP contribution in [0.4, 0.5) is 4.39 Å². The molecule has 14 atom stereocenters. The lowest BCUT2D eigenvalue weighted by atomic mass is 9.81. The molecule has 4 aliphatic heterocycles. The number of epoxide rings is 1. The number of allylic oxidation sites excluding steroid dienone is 3. The maximum atomic E-state index is 16.1. The molecular formula is C42H64FNO10. The zero-order valence-corrected chi connectivity index (χ0v) is 33.6. The average Bonchev–Trinajstić information content (AvgIpc) is 3.95. The van der Waals surface area contributed by atoms with Crippen molar-refractivity contribution in [2.24, 2.45) is 29.6 Å². The summed E-state index contributed by atoms with van der Waals surface area (Å²) in [5, 5.41) is 12.0. The van der Waals surface area contributed by atoms with Gasteiger partial charge >= 0.3 is 5.97 Å². The van der Waals surface area contributed by atoms with E-state index in [2.05, 4.69) is 6.08 Å². The van der Waals surface area contributed by atoms with Gasteiger partial charge in [0.25, 0.3) is 11.7 Å². The number of ether oxygens (including phenoxy) is 5. The molecule has 2 bridgehead atoms. The summed E-state index contributed by atoms with van der Waals surface area (Å²) in [4.78, 5) is 57.4. The van der Waals surface area contributed by atoms with Crippen LogP contribution in [0.25, 0.3) is 0 Å². The smallest absolute Gasteiger partial charge is 0.329 e. The third kappa shape index (κ3) is 9.36. The van der Waals surface area contributed by atoms with E-state index in [1.165, 1.54) is 19.1 Å². The van der Waals surface area contributed by atoms with Crippen LogP contribution in [0.3, 0.4) is 0 Å². The number of hydrogen-bond donors (Lipinski definition) is 1. The van der Waals surface area contributed by atoms with Crippen molar-refractivity contribution in [1.29, 1.82) is 0 Å². The Hall–Kier alpha value is -2.51. The number of aliphatic hydroxyl groups is 1. The molecule has 4 heterocycles. The second-order valence-electron chi connectivity index (χ2n) is 16.9. The highest BCUT2D eigenvalue weighted by Gasteiger charge is 2.57. The van der Waals surface area contributed by atoms with Crippen LogP contribution >= 0.6 is 0 Å². The summed E-state index contributed by atoms with van der Waals surface area (Å²) in [6, 6.07) is -1.04. The molecule has 1 N–H and O–H groups in total. The highest BCUT2D eigenvalue weighted by atomic mass is 19.1. The van der Waals surface area contributed by atoms with Crippen molar-refractivity contribution >= 4 is 23.4 Å². The molecule has 1 amide bonds. The Morgan fingerprint density at radius 1 is 0.981 bits per heavy atom. The molecule has 0 spiro atoms. The van der Waals surface area contributed by atoms with E-state index >= 15 is 4.39 Å². The molecule has 0 aromatic rings. The van der Waals surface area contributed by atoms with E-state index in [0.29, 0.717) is 43.8 Å². The summed E-state index contributed by atoms with van der Waals surface area (Å²) in [5.41, 5.74) is 1.31. The van der Waals surface area contributed by atoms with Gasteiger partial charge in [-0.15, -0.1) is 0 Å². The second kappa shape index (κ2) is 18.2. The summed E-state index contributed by atoms with van der Waals surface area (Å²) in [6.07, 6.45) is 5.82. The number of Topliss-reactive ketones (excluding diaryl/α,β-unsaturated/α-hetero) is 2. The largest absolute Gasteiger partial charge is 0.456 e. The first kappa shape index (κ1) is 42.6. The summed E-state index contributed by atoms with van der Waals surface area (Å²) in [6.45, 7) is 11.0. The van der Waals surface area contributed by atoms with Gasteiger partial charge in [-0.3, -0.25) is 14.4 Å². The molecule has 12 heteroatoms. The first-order chi connectivity index (χ1) is 25.6. The number of nitrogens with zero attached hydrogens (tertiary/aromatic N) is 1. The van der Waals surface area contributed by atoms with Gasteiger partial charge in [0.05, 0.1) is 24.4 Å². The van der Waals surface area contributed by atoms with Crippen LogP contribution in [0.15, 0.2) is 23.3 Å². The molecular weight excluding hydrogens is 697 g/mol. The molecule has 3 saturated heterocycles. The number of rotatable bonds is 5. The SMILES string of the molecule is CCC1C=C(C)C(F)C(C)CC(OC)C2OC(O)(C(=O)C(=O)N3CCCCC3C(=O)OC(C(C)=CC3CC[C@@H]4O[C@@H]4C3)C(C)CCC1=O)C(C)CC2OC. The maximum Gasteiger partial charge on any atom is 0.329 e. The first-order valence-corrected chi connectivity index (χ1v) is 20.3. The number of methoxy groups -OCH3 is 2. The van der Waals surface area contributed by atoms with E-state index in [-0.39, 0.29) is 49.5 Å². The summed E-state index contributed by atoms with van der Waals surface area (Å²) < 4.78 is 45.9. The normalized spacial score (nSPS) is 42.3. The van der Waals surface area contributed by atoms with Crippen LogP contribution in [0.5, 0.6) is 0 Å². The van der Waals surface area contributed by atoms with Gasteiger partial charge in [0.1, 0.15) is 30.2 Å². The Kier molecular flexibility index (Phi) is 14.3. The number of halogens is 1. The Labute approximate surface area is 320 Å². The number of piperidine rings is 1. The second-order valence-corrected chi connectivity index (χ2v) is 16.9. The van der Waals surface area contributed by atoms with E-state index in [0.717, 1.165) is 24.8 Å². The van der Waals surface area contributed by atoms with Gasteiger partial charge in [-0.2, -0.15) is 0 Å². The Morgan fingerprint density at radius 3 is 2.35 bits per heavy atom. The molecule has 54 heavy (non-hydrogen) atoms. The standard InChI is InChI=1S/C42H64FNO10/c1-9-29-19-24(3)36(43)25(4)20-34(50-7)38-35(51-8)21-27(6)42(49,54-38)39(46)40(47)44-17-11-10-12-30(44)41(48)53-37(23(2)13-15-31(29)45)26(5)18-28-14-16-32-33(22-28)52-32/h18-19,23,25,27-30,32-38,49H,9-17,20-22H2,1-8H3/t23?,25?,27?,28?,29?,30?,32-,33+,34?,35?,36?,37?,38?,42?/m0/s1. The Balaban J connectivity index is 1.51. The lowest BCUT2D eigenvalue weighted by Gasteiger charge is -2.47. The van der Waals surface area contributed by atoms with Gasteiger partial charge in [0, 0.05) is 39.0 Å². The quantitative estimate of drug-likeness (QED) is 0.157. The summed E-state index contributed by atoms with van der Waals surface area (Å²) in [5.74, 6) is -7.27. The van der Waals surface area contributed by atoms with Gasteiger partial charge in [0.15, 0.2) is 0 Å². The molecule has 0 aromatic carbocycles. The monoisotopic (exact) mass is 761 g/mol. The van der Waals surface area contributed by atoms with Gasteiger partial charge in [-0.25, -0.2) is 9.18 Å². The van der Waals surface area contributed by atoms with Crippen LogP contribution in [-0.4, -0.2) is 109 Å². The molecule has 1 aliphatic carbocycles. The molecule has 11 nitrogen and oxygen atoms in total. The fourth-order valence-electron chi connectivity index (χ4n) is 9.34. The van der Waals surface area contributed by atoms with Crippen molar-refractivity contribution < 1.29 is 52.4 Å². The van der Waals surface area contributed by atoms with E-state index < -0.39 is 77.8 Å². The zero-order chi connectivity index (χ0) is 39.5. The predicted molar refractivity (Wildman–Crippen MR) is 199 cm³/mol. The number of esters is 1. The van der Waals surface area contributed by atoms with E-state index in [9.17, 15) is 24.3 Å². The fraction of sp³-hybridized carbons (Fsp3) is 0.810. The molecule has 12 unspecified atom stereocenters. The van der Waals surface area contributed by atoms with Crippen LogP contribution < -0.4 is 0 Å². The van der Waals surface area contributed by atoms with Crippen molar-refractivity contribution in [2.45, 2.75) is 167 Å². The third-order valence-corrected chi connectivity index (χ3v) is 12.9. The van der Waals surface area contributed by atoms with Crippen LogP contribution in [-0.2, 0) is 42.9 Å². The highest BCUT2D eigenvalue weighted by Crippen LogP contribution is 2.42. The molecule has 304 valence electrons. The average molecular weight is 762 g/mol. The number of hydrogen-bond acceptors (Lipinski definition) is 10. The van der Waals surface area contributed by atoms with E-state index in [1.807, 2.05) is 20.8 Å². The minimum atomic E-state index is -2.54. The minimum Gasteiger partial charge on any atom is -0.456 e.